The molecule has 1 N–H and O–H groups in total. The largest absolute Gasteiger partial charge is 0.445 e. The van der Waals surface area contributed by atoms with Crippen LogP contribution in [0.25, 0.3) is 0 Å². The van der Waals surface area contributed by atoms with E-state index < -0.39 is 10.0 Å². The predicted molar refractivity (Wildman–Crippen MR) is 135 cm³/mol. The molecule has 8 heteroatoms. The number of nitrogens with one attached hydrogen (secondary N) is 1. The summed E-state index contributed by atoms with van der Waals surface area (Å²) in [5, 5.41) is 4.38. The topological polar surface area (TPSA) is 88.1 Å². The molecular formula is C27H29N3O4S. The van der Waals surface area contributed by atoms with Crippen LogP contribution in [0.15, 0.2) is 94.9 Å². The molecule has 182 valence electrons. The molecule has 0 bridgehead atoms. The first-order valence-corrected chi connectivity index (χ1v) is 13.1. The molecule has 0 radical (unpaired) electrons. The fraction of sp³-hybridized carbons (Fsp3) is 0.259. The Kier molecular flexibility index (Phi) is 7.82. The number of carbonyl (C=O) groups excluding carboxylic acids is 1. The van der Waals surface area contributed by atoms with Crippen LogP contribution >= 0.6 is 0 Å². The van der Waals surface area contributed by atoms with Gasteiger partial charge in [0.05, 0.1) is 10.6 Å². The third-order valence-electron chi connectivity index (χ3n) is 6.03. The minimum Gasteiger partial charge on any atom is -0.445 e. The molecule has 1 amide bonds. The van der Waals surface area contributed by atoms with Crippen LogP contribution in [0, 0.1) is 12.8 Å². The van der Waals surface area contributed by atoms with Crippen LogP contribution in [-0.4, -0.2) is 38.2 Å². The fourth-order valence-corrected chi connectivity index (χ4v) is 4.84. The Hall–Kier alpha value is -3.65. The maximum absolute atomic E-state index is 12.8. The molecule has 35 heavy (non-hydrogen) atoms. The van der Waals surface area contributed by atoms with Crippen molar-refractivity contribution in [2.75, 3.05) is 13.1 Å². The number of rotatable bonds is 7. The first-order valence-electron chi connectivity index (χ1n) is 11.6. The van der Waals surface area contributed by atoms with E-state index in [1.54, 1.807) is 29.2 Å². The summed E-state index contributed by atoms with van der Waals surface area (Å²) in [6.45, 7) is 3.15. The van der Waals surface area contributed by atoms with E-state index in [9.17, 15) is 13.2 Å². The van der Waals surface area contributed by atoms with Gasteiger partial charge in [0.1, 0.15) is 6.61 Å². The summed E-state index contributed by atoms with van der Waals surface area (Å²) < 4.78 is 31.1. The SMILES string of the molecule is Cc1ccc(S(=O)(=O)N/N=C(\c2ccccc2)C2CCN(C(=O)OCc3ccccc3)CC2)cc1. The van der Waals surface area contributed by atoms with Crippen molar-refractivity contribution < 1.29 is 17.9 Å². The van der Waals surface area contributed by atoms with E-state index in [0.717, 1.165) is 16.7 Å². The summed E-state index contributed by atoms with van der Waals surface area (Å²) in [7, 11) is -3.80. The highest BCUT2D eigenvalue weighted by atomic mass is 32.2. The zero-order valence-corrected chi connectivity index (χ0v) is 20.4. The summed E-state index contributed by atoms with van der Waals surface area (Å²) in [5.74, 6) is -0.00343. The normalized spacial score (nSPS) is 15.0. The summed E-state index contributed by atoms with van der Waals surface area (Å²) in [6, 6.07) is 25.7. The summed E-state index contributed by atoms with van der Waals surface area (Å²) in [6.07, 6.45) is 0.964. The lowest BCUT2D eigenvalue weighted by molar-refractivity contribution is 0.0864. The van der Waals surface area contributed by atoms with Gasteiger partial charge in [0.25, 0.3) is 10.0 Å². The average Bonchev–Trinajstić information content (AvgIpc) is 2.89. The van der Waals surface area contributed by atoms with Crippen LogP contribution in [0.3, 0.4) is 0 Å². The van der Waals surface area contributed by atoms with Gasteiger partial charge in [0.2, 0.25) is 0 Å². The van der Waals surface area contributed by atoms with Gasteiger partial charge in [-0.1, -0.05) is 78.4 Å². The second-order valence-corrected chi connectivity index (χ2v) is 10.2. The Morgan fingerprint density at radius 1 is 0.943 bits per heavy atom. The van der Waals surface area contributed by atoms with E-state index >= 15 is 0 Å². The van der Waals surface area contributed by atoms with E-state index in [4.69, 9.17) is 4.74 Å². The van der Waals surface area contributed by atoms with Crippen molar-refractivity contribution in [1.29, 1.82) is 0 Å². The number of benzene rings is 3. The van der Waals surface area contributed by atoms with Gasteiger partial charge in [-0.05, 0) is 43.0 Å². The molecule has 1 aliphatic rings. The Morgan fingerprint density at radius 3 is 2.17 bits per heavy atom. The van der Waals surface area contributed by atoms with Crippen molar-refractivity contribution in [2.24, 2.45) is 11.0 Å². The van der Waals surface area contributed by atoms with Crippen molar-refractivity contribution in [3.8, 4) is 0 Å². The molecule has 4 rings (SSSR count). The second-order valence-electron chi connectivity index (χ2n) is 8.57. The molecule has 1 heterocycles. The minimum atomic E-state index is -3.80. The number of amides is 1. The average molecular weight is 492 g/mol. The number of hydrazone groups is 1. The number of nitrogens with zero attached hydrogens (tertiary/aromatic N) is 2. The molecule has 0 atom stereocenters. The van der Waals surface area contributed by atoms with Crippen molar-refractivity contribution in [3.63, 3.8) is 0 Å². The van der Waals surface area contributed by atoms with E-state index in [0.29, 0.717) is 31.6 Å². The standard InChI is InChI=1S/C27H29N3O4S/c1-21-12-14-25(15-13-21)35(32,33)29-28-26(23-10-6-3-7-11-23)24-16-18-30(19-17-24)27(31)34-20-22-8-4-2-5-9-22/h2-15,24,29H,16-20H2,1H3/b28-26+. The number of likely N-dealkylation sites (tertiary alicyclic amines) is 1. The van der Waals surface area contributed by atoms with Gasteiger partial charge in [0.15, 0.2) is 0 Å². The number of aryl methyl sites for hydroxylation is 1. The molecule has 0 unspecified atom stereocenters. The predicted octanol–water partition coefficient (Wildman–Crippen LogP) is 4.73. The van der Waals surface area contributed by atoms with Crippen LogP contribution < -0.4 is 4.83 Å². The highest BCUT2D eigenvalue weighted by Gasteiger charge is 2.28. The first-order chi connectivity index (χ1) is 16.9. The highest BCUT2D eigenvalue weighted by molar-refractivity contribution is 7.89. The van der Waals surface area contributed by atoms with Gasteiger partial charge in [-0.25, -0.2) is 4.79 Å². The molecule has 1 saturated heterocycles. The highest BCUT2D eigenvalue weighted by Crippen LogP contribution is 2.23. The van der Waals surface area contributed by atoms with E-state index in [1.165, 1.54) is 0 Å². The molecule has 3 aromatic carbocycles. The van der Waals surface area contributed by atoms with Gasteiger partial charge in [-0.2, -0.15) is 18.4 Å². The maximum atomic E-state index is 12.8. The summed E-state index contributed by atoms with van der Waals surface area (Å²) in [4.78, 5) is 16.8. The van der Waals surface area contributed by atoms with Crippen molar-refractivity contribution in [3.05, 3.63) is 102 Å². The third kappa shape index (κ3) is 6.48. The number of piperidine rings is 1. The molecule has 3 aromatic rings. The van der Waals surface area contributed by atoms with Crippen LogP contribution in [-0.2, 0) is 21.4 Å². The molecule has 1 fully saturated rings. The number of ether oxygens (including phenoxy) is 1. The van der Waals surface area contributed by atoms with Crippen LogP contribution in [0.1, 0.15) is 29.5 Å². The number of hydrogen-bond acceptors (Lipinski definition) is 5. The summed E-state index contributed by atoms with van der Waals surface area (Å²) >= 11 is 0. The van der Waals surface area contributed by atoms with Crippen molar-refractivity contribution in [1.82, 2.24) is 9.73 Å². The zero-order chi connectivity index (χ0) is 24.7. The van der Waals surface area contributed by atoms with Crippen LogP contribution in [0.4, 0.5) is 4.79 Å². The zero-order valence-electron chi connectivity index (χ0n) is 19.6. The van der Waals surface area contributed by atoms with Crippen LogP contribution in [0.2, 0.25) is 0 Å². The molecular weight excluding hydrogens is 462 g/mol. The van der Waals surface area contributed by atoms with Gasteiger partial charge < -0.3 is 9.64 Å². The monoisotopic (exact) mass is 491 g/mol. The van der Waals surface area contributed by atoms with Gasteiger partial charge >= 0.3 is 6.09 Å². The molecule has 0 aliphatic carbocycles. The van der Waals surface area contributed by atoms with E-state index in [1.807, 2.05) is 67.6 Å². The fourth-order valence-electron chi connectivity index (χ4n) is 4.03. The van der Waals surface area contributed by atoms with Crippen LogP contribution in [0.5, 0.6) is 0 Å². The Labute approximate surface area is 206 Å². The summed E-state index contributed by atoms with van der Waals surface area (Å²) in [5.41, 5.74) is 3.43. The number of carbonyl (C=O) groups is 1. The lowest BCUT2D eigenvalue weighted by Gasteiger charge is -2.32. The molecule has 7 nitrogen and oxygen atoms in total. The number of hydrogen-bond donors (Lipinski definition) is 1. The molecule has 1 aliphatic heterocycles. The third-order valence-corrected chi connectivity index (χ3v) is 7.26. The van der Waals surface area contributed by atoms with Gasteiger partial charge in [-0.15, -0.1) is 0 Å². The van der Waals surface area contributed by atoms with E-state index in [-0.39, 0.29) is 23.5 Å². The molecule has 0 aromatic heterocycles. The Bertz CT molecular complexity index is 1250. The smallest absolute Gasteiger partial charge is 0.410 e. The molecule has 0 spiro atoms. The van der Waals surface area contributed by atoms with Crippen molar-refractivity contribution >= 4 is 21.8 Å². The second kappa shape index (κ2) is 11.2. The lowest BCUT2D eigenvalue weighted by Crippen LogP contribution is -2.41. The van der Waals surface area contributed by atoms with E-state index in [2.05, 4.69) is 9.93 Å². The number of sulfonamides is 1. The maximum Gasteiger partial charge on any atom is 0.410 e. The lowest BCUT2D eigenvalue weighted by atomic mass is 9.88. The van der Waals surface area contributed by atoms with Gasteiger partial charge in [-0.3, -0.25) is 0 Å². The van der Waals surface area contributed by atoms with Crippen molar-refractivity contribution in [2.45, 2.75) is 31.3 Å². The Balaban J connectivity index is 1.43. The first kappa shape index (κ1) is 24.5. The Morgan fingerprint density at radius 2 is 1.54 bits per heavy atom. The minimum absolute atomic E-state index is 0.00343. The van der Waals surface area contributed by atoms with Gasteiger partial charge in [0, 0.05) is 19.0 Å². The molecule has 0 saturated carbocycles. The quantitative estimate of drug-likeness (QED) is 0.382.